The summed E-state index contributed by atoms with van der Waals surface area (Å²) in [5.41, 5.74) is 0. The van der Waals surface area contributed by atoms with Gasteiger partial charge in [-0.1, -0.05) is 25.7 Å². The standard InChI is InChI=1S/C14H30N2O2S/c1-13(2)16(19(3,17)18)12-8-11-15-14-9-6-4-5-7-10-14/h13-15H,4-12H2,1-3H3. The molecule has 0 saturated heterocycles. The van der Waals surface area contributed by atoms with Crippen LogP contribution in [0.15, 0.2) is 0 Å². The lowest BCUT2D eigenvalue weighted by Crippen LogP contribution is -2.38. The highest BCUT2D eigenvalue weighted by atomic mass is 32.2. The van der Waals surface area contributed by atoms with Crippen molar-refractivity contribution < 1.29 is 8.42 Å². The molecule has 1 N–H and O–H groups in total. The van der Waals surface area contributed by atoms with Crippen molar-refractivity contribution in [1.82, 2.24) is 9.62 Å². The van der Waals surface area contributed by atoms with Crippen LogP contribution in [-0.4, -0.2) is 44.2 Å². The summed E-state index contributed by atoms with van der Waals surface area (Å²) in [4.78, 5) is 0. The Morgan fingerprint density at radius 3 is 2.21 bits per heavy atom. The van der Waals surface area contributed by atoms with Crippen LogP contribution in [0, 0.1) is 0 Å². The number of hydrogen-bond donors (Lipinski definition) is 1. The molecule has 0 aromatic heterocycles. The van der Waals surface area contributed by atoms with Crippen molar-refractivity contribution >= 4 is 10.0 Å². The molecule has 0 atom stereocenters. The fourth-order valence-electron chi connectivity index (χ4n) is 2.83. The first-order chi connectivity index (χ1) is 8.91. The van der Waals surface area contributed by atoms with Crippen LogP contribution in [0.5, 0.6) is 0 Å². The van der Waals surface area contributed by atoms with Gasteiger partial charge in [-0.15, -0.1) is 0 Å². The highest BCUT2D eigenvalue weighted by Crippen LogP contribution is 2.17. The highest BCUT2D eigenvalue weighted by Gasteiger charge is 2.19. The second-order valence-electron chi connectivity index (χ2n) is 5.96. The predicted octanol–water partition coefficient (Wildman–Crippen LogP) is 2.36. The normalized spacial score (nSPS) is 19.0. The van der Waals surface area contributed by atoms with Gasteiger partial charge >= 0.3 is 0 Å². The molecule has 19 heavy (non-hydrogen) atoms. The van der Waals surface area contributed by atoms with Crippen molar-refractivity contribution in [3.05, 3.63) is 0 Å². The first kappa shape index (κ1) is 16.9. The van der Waals surface area contributed by atoms with Gasteiger partial charge in [0, 0.05) is 18.6 Å². The van der Waals surface area contributed by atoms with Gasteiger partial charge < -0.3 is 5.32 Å². The van der Waals surface area contributed by atoms with Crippen LogP contribution in [0.3, 0.4) is 0 Å². The third kappa shape index (κ3) is 6.72. The Hall–Kier alpha value is -0.130. The molecule has 114 valence electrons. The summed E-state index contributed by atoms with van der Waals surface area (Å²) in [5, 5.41) is 3.59. The van der Waals surface area contributed by atoms with Gasteiger partial charge in [0.1, 0.15) is 0 Å². The Kier molecular flexibility index (Phi) is 7.32. The average Bonchev–Trinajstić information content (AvgIpc) is 2.54. The number of nitrogens with one attached hydrogen (secondary N) is 1. The molecular weight excluding hydrogens is 260 g/mol. The predicted molar refractivity (Wildman–Crippen MR) is 80.8 cm³/mol. The van der Waals surface area contributed by atoms with Crippen LogP contribution in [0.2, 0.25) is 0 Å². The van der Waals surface area contributed by atoms with Gasteiger partial charge in [-0.3, -0.25) is 0 Å². The zero-order valence-electron chi connectivity index (χ0n) is 12.7. The molecule has 0 radical (unpaired) electrons. The molecule has 0 bridgehead atoms. The highest BCUT2D eigenvalue weighted by molar-refractivity contribution is 7.88. The summed E-state index contributed by atoms with van der Waals surface area (Å²) in [5.74, 6) is 0. The zero-order valence-corrected chi connectivity index (χ0v) is 13.5. The van der Waals surface area contributed by atoms with E-state index in [0.29, 0.717) is 12.6 Å². The Balaban J connectivity index is 2.25. The third-order valence-electron chi connectivity index (χ3n) is 3.85. The van der Waals surface area contributed by atoms with Crippen molar-refractivity contribution in [2.24, 2.45) is 0 Å². The molecule has 0 unspecified atom stereocenters. The minimum absolute atomic E-state index is 0.0490. The summed E-state index contributed by atoms with van der Waals surface area (Å²) >= 11 is 0. The molecular formula is C14H30N2O2S. The maximum atomic E-state index is 11.6. The van der Waals surface area contributed by atoms with Crippen LogP contribution in [0.4, 0.5) is 0 Å². The molecule has 5 heteroatoms. The molecule has 4 nitrogen and oxygen atoms in total. The summed E-state index contributed by atoms with van der Waals surface area (Å²) in [6, 6.07) is 0.695. The maximum absolute atomic E-state index is 11.6. The SMILES string of the molecule is CC(C)N(CCCNC1CCCCCC1)S(C)(=O)=O. The topological polar surface area (TPSA) is 49.4 Å². The van der Waals surface area contributed by atoms with E-state index < -0.39 is 10.0 Å². The van der Waals surface area contributed by atoms with Crippen LogP contribution in [-0.2, 0) is 10.0 Å². The average molecular weight is 290 g/mol. The Bertz CT molecular complexity index is 333. The van der Waals surface area contributed by atoms with E-state index in [1.165, 1.54) is 44.8 Å². The molecule has 0 heterocycles. The summed E-state index contributed by atoms with van der Waals surface area (Å²) in [6.45, 7) is 5.40. The largest absolute Gasteiger partial charge is 0.314 e. The monoisotopic (exact) mass is 290 g/mol. The third-order valence-corrected chi connectivity index (χ3v) is 5.30. The molecule has 1 aliphatic carbocycles. The van der Waals surface area contributed by atoms with Gasteiger partial charge in [-0.05, 0) is 39.7 Å². The maximum Gasteiger partial charge on any atom is 0.211 e. The Morgan fingerprint density at radius 1 is 1.16 bits per heavy atom. The zero-order chi connectivity index (χ0) is 14.3. The van der Waals surface area contributed by atoms with Gasteiger partial charge in [0.2, 0.25) is 10.0 Å². The van der Waals surface area contributed by atoms with E-state index in [1.807, 2.05) is 13.8 Å². The fraction of sp³-hybridized carbons (Fsp3) is 1.00. The van der Waals surface area contributed by atoms with E-state index in [-0.39, 0.29) is 6.04 Å². The number of sulfonamides is 1. The lowest BCUT2D eigenvalue weighted by Gasteiger charge is -2.24. The first-order valence-electron chi connectivity index (χ1n) is 7.61. The van der Waals surface area contributed by atoms with E-state index in [4.69, 9.17) is 0 Å². The molecule has 1 aliphatic rings. The summed E-state index contributed by atoms with van der Waals surface area (Å²) in [7, 11) is -3.07. The van der Waals surface area contributed by atoms with Crippen LogP contribution < -0.4 is 5.32 Å². The van der Waals surface area contributed by atoms with Gasteiger partial charge in [0.05, 0.1) is 6.26 Å². The van der Waals surface area contributed by atoms with E-state index >= 15 is 0 Å². The van der Waals surface area contributed by atoms with E-state index in [2.05, 4.69) is 5.32 Å². The lowest BCUT2D eigenvalue weighted by atomic mass is 10.1. The first-order valence-corrected chi connectivity index (χ1v) is 9.46. The molecule has 0 aromatic rings. The minimum Gasteiger partial charge on any atom is -0.314 e. The second-order valence-corrected chi connectivity index (χ2v) is 7.90. The quantitative estimate of drug-likeness (QED) is 0.578. The number of rotatable bonds is 7. The minimum atomic E-state index is -3.07. The Labute approximate surface area is 119 Å². The van der Waals surface area contributed by atoms with Gasteiger partial charge in [0.25, 0.3) is 0 Å². The van der Waals surface area contributed by atoms with E-state index in [0.717, 1.165) is 13.0 Å². The number of nitrogens with zero attached hydrogens (tertiary/aromatic N) is 1. The van der Waals surface area contributed by atoms with Crippen molar-refractivity contribution in [1.29, 1.82) is 0 Å². The smallest absolute Gasteiger partial charge is 0.211 e. The van der Waals surface area contributed by atoms with E-state index in [1.54, 1.807) is 4.31 Å². The fourth-order valence-corrected chi connectivity index (χ4v) is 4.06. The van der Waals surface area contributed by atoms with Crippen LogP contribution >= 0.6 is 0 Å². The van der Waals surface area contributed by atoms with Crippen LogP contribution in [0.25, 0.3) is 0 Å². The lowest BCUT2D eigenvalue weighted by molar-refractivity contribution is 0.343. The molecule has 0 aliphatic heterocycles. The van der Waals surface area contributed by atoms with Crippen molar-refractivity contribution in [2.45, 2.75) is 70.9 Å². The molecule has 1 saturated carbocycles. The molecule has 1 fully saturated rings. The Morgan fingerprint density at radius 2 is 1.74 bits per heavy atom. The summed E-state index contributed by atoms with van der Waals surface area (Å²) in [6.07, 6.45) is 10.1. The molecule has 0 aromatic carbocycles. The second kappa shape index (κ2) is 8.22. The summed E-state index contributed by atoms with van der Waals surface area (Å²) < 4.78 is 24.8. The van der Waals surface area contributed by atoms with Crippen molar-refractivity contribution in [3.8, 4) is 0 Å². The van der Waals surface area contributed by atoms with Crippen molar-refractivity contribution in [2.75, 3.05) is 19.3 Å². The molecule has 0 spiro atoms. The molecule has 0 amide bonds. The van der Waals surface area contributed by atoms with Gasteiger partial charge in [-0.2, -0.15) is 4.31 Å². The van der Waals surface area contributed by atoms with Crippen LogP contribution in [0.1, 0.15) is 58.8 Å². The van der Waals surface area contributed by atoms with Crippen molar-refractivity contribution in [3.63, 3.8) is 0 Å². The van der Waals surface area contributed by atoms with Gasteiger partial charge in [0.15, 0.2) is 0 Å². The van der Waals surface area contributed by atoms with Gasteiger partial charge in [-0.25, -0.2) is 8.42 Å². The molecule has 1 rings (SSSR count). The van der Waals surface area contributed by atoms with E-state index in [9.17, 15) is 8.42 Å². The number of hydrogen-bond acceptors (Lipinski definition) is 3.